The topological polar surface area (TPSA) is 91.8 Å². The van der Waals surface area contributed by atoms with Crippen molar-refractivity contribution in [3.8, 4) is 6.07 Å². The number of hydrogen-bond donors (Lipinski definition) is 1. The Morgan fingerprint density at radius 1 is 1.42 bits per heavy atom. The molecule has 1 unspecified atom stereocenters. The number of H-pyrrole nitrogens is 1. The number of nitrogens with one attached hydrogen (secondary N) is 1. The quantitative estimate of drug-likeness (QED) is 0.877. The largest absolute Gasteiger partial charge is 0.466 e. The molecule has 19 heavy (non-hydrogen) atoms. The predicted molar refractivity (Wildman–Crippen MR) is 68.0 cm³/mol. The molecule has 1 atom stereocenters. The summed E-state index contributed by atoms with van der Waals surface area (Å²) in [6, 6.07) is 3.27. The molecule has 0 aliphatic rings. The van der Waals surface area contributed by atoms with Crippen LogP contribution in [0.15, 0.2) is 26.3 Å². The maximum atomic E-state index is 11.8. The molecule has 0 aliphatic heterocycles. The molecule has 0 aromatic carbocycles. The Kier molecular flexibility index (Phi) is 3.13. The Labute approximate surface area is 108 Å². The van der Waals surface area contributed by atoms with Crippen molar-refractivity contribution >= 4 is 0 Å². The molecular formula is C13H13N3O3. The zero-order valence-corrected chi connectivity index (χ0v) is 10.9. The fraction of sp³-hybridized carbons (Fsp3) is 0.308. The molecule has 2 heterocycles. The number of nitriles is 1. The number of rotatable bonds is 2. The molecule has 2 aromatic heterocycles. The van der Waals surface area contributed by atoms with Gasteiger partial charge in [0.05, 0.1) is 6.04 Å². The smallest absolute Gasteiger partial charge is 0.328 e. The van der Waals surface area contributed by atoms with Gasteiger partial charge in [-0.05, 0) is 26.8 Å². The highest BCUT2D eigenvalue weighted by Crippen LogP contribution is 2.23. The molecule has 98 valence electrons. The zero-order chi connectivity index (χ0) is 14.2. The van der Waals surface area contributed by atoms with E-state index in [4.69, 9.17) is 9.68 Å². The van der Waals surface area contributed by atoms with Crippen LogP contribution < -0.4 is 11.2 Å². The lowest BCUT2D eigenvalue weighted by Gasteiger charge is -2.13. The van der Waals surface area contributed by atoms with Gasteiger partial charge in [0.2, 0.25) is 0 Å². The van der Waals surface area contributed by atoms with Gasteiger partial charge in [-0.3, -0.25) is 14.3 Å². The Balaban J connectivity index is 2.60. The molecule has 1 N–H and O–H groups in total. The van der Waals surface area contributed by atoms with Crippen LogP contribution in [-0.4, -0.2) is 9.55 Å². The number of aromatic amines is 1. The maximum Gasteiger partial charge on any atom is 0.328 e. The van der Waals surface area contributed by atoms with Crippen LogP contribution in [0.3, 0.4) is 0 Å². The van der Waals surface area contributed by atoms with Gasteiger partial charge in [-0.15, -0.1) is 0 Å². The Hall–Kier alpha value is -2.55. The van der Waals surface area contributed by atoms with Gasteiger partial charge in [0, 0.05) is 11.8 Å². The van der Waals surface area contributed by atoms with Crippen molar-refractivity contribution in [2.75, 3.05) is 0 Å². The lowest BCUT2D eigenvalue weighted by atomic mass is 10.1. The molecule has 0 aliphatic carbocycles. The number of hydrogen-bond acceptors (Lipinski definition) is 4. The molecule has 0 fully saturated rings. The van der Waals surface area contributed by atoms with E-state index in [9.17, 15) is 9.59 Å². The second-order valence-electron chi connectivity index (χ2n) is 4.37. The second kappa shape index (κ2) is 4.61. The van der Waals surface area contributed by atoms with Gasteiger partial charge in [0.25, 0.3) is 5.56 Å². The van der Waals surface area contributed by atoms with E-state index in [1.165, 1.54) is 10.8 Å². The lowest BCUT2D eigenvalue weighted by Crippen LogP contribution is -2.33. The van der Waals surface area contributed by atoms with Crippen molar-refractivity contribution in [2.45, 2.75) is 26.8 Å². The summed E-state index contributed by atoms with van der Waals surface area (Å²) in [7, 11) is 0. The molecule has 0 spiro atoms. The van der Waals surface area contributed by atoms with E-state index in [2.05, 4.69) is 4.98 Å². The molecule has 6 nitrogen and oxygen atoms in total. The van der Waals surface area contributed by atoms with Gasteiger partial charge < -0.3 is 4.42 Å². The minimum absolute atomic E-state index is 0.0932. The van der Waals surface area contributed by atoms with E-state index in [0.717, 1.165) is 11.3 Å². The predicted octanol–water partition coefficient (Wildman–Crippen LogP) is 1.23. The zero-order valence-electron chi connectivity index (χ0n) is 10.9. The number of nitrogens with zero attached hydrogens (tertiary/aromatic N) is 2. The third kappa shape index (κ3) is 2.22. The third-order valence-electron chi connectivity index (χ3n) is 3.03. The molecular weight excluding hydrogens is 246 g/mol. The fourth-order valence-corrected chi connectivity index (χ4v) is 2.07. The Morgan fingerprint density at radius 2 is 2.11 bits per heavy atom. The SMILES string of the molecule is Cc1cc(C(C)n2cc(C#N)c(=O)[nH]c2=O)c(C)o1. The van der Waals surface area contributed by atoms with E-state index >= 15 is 0 Å². The Bertz CT molecular complexity index is 774. The first-order chi connectivity index (χ1) is 8.93. The van der Waals surface area contributed by atoms with Crippen LogP contribution in [0.1, 0.15) is 35.6 Å². The second-order valence-corrected chi connectivity index (χ2v) is 4.37. The van der Waals surface area contributed by atoms with Crippen molar-refractivity contribution < 1.29 is 4.42 Å². The number of aromatic nitrogens is 2. The minimum Gasteiger partial charge on any atom is -0.466 e. The minimum atomic E-state index is -0.670. The van der Waals surface area contributed by atoms with Gasteiger partial charge in [0.15, 0.2) is 0 Å². The first-order valence-electron chi connectivity index (χ1n) is 5.76. The maximum absolute atomic E-state index is 11.8. The van der Waals surface area contributed by atoms with E-state index in [1.807, 2.05) is 13.0 Å². The molecule has 2 aromatic rings. The van der Waals surface area contributed by atoms with Crippen molar-refractivity contribution in [3.63, 3.8) is 0 Å². The van der Waals surface area contributed by atoms with E-state index in [-0.39, 0.29) is 11.6 Å². The first-order valence-corrected chi connectivity index (χ1v) is 5.76. The van der Waals surface area contributed by atoms with Crippen LogP contribution in [0, 0.1) is 25.2 Å². The van der Waals surface area contributed by atoms with Crippen molar-refractivity contribution in [1.82, 2.24) is 9.55 Å². The average molecular weight is 259 g/mol. The molecule has 0 saturated heterocycles. The van der Waals surface area contributed by atoms with Gasteiger partial charge in [-0.2, -0.15) is 5.26 Å². The monoisotopic (exact) mass is 259 g/mol. The van der Waals surface area contributed by atoms with E-state index < -0.39 is 11.2 Å². The van der Waals surface area contributed by atoms with Crippen molar-refractivity contribution in [1.29, 1.82) is 5.26 Å². The number of furan rings is 1. The van der Waals surface area contributed by atoms with Crippen LogP contribution in [0.5, 0.6) is 0 Å². The van der Waals surface area contributed by atoms with Gasteiger partial charge >= 0.3 is 5.69 Å². The van der Waals surface area contributed by atoms with Gasteiger partial charge in [0.1, 0.15) is 23.2 Å². The highest BCUT2D eigenvalue weighted by molar-refractivity contribution is 5.27. The summed E-state index contributed by atoms with van der Waals surface area (Å²) >= 11 is 0. The first kappa shape index (κ1) is 12.9. The van der Waals surface area contributed by atoms with Crippen LogP contribution in [0.2, 0.25) is 0 Å². The highest BCUT2D eigenvalue weighted by atomic mass is 16.3. The van der Waals surface area contributed by atoms with Crippen LogP contribution in [0.25, 0.3) is 0 Å². The molecule has 0 bridgehead atoms. The molecule has 0 amide bonds. The Morgan fingerprint density at radius 3 is 2.63 bits per heavy atom. The van der Waals surface area contributed by atoms with Gasteiger partial charge in [-0.1, -0.05) is 0 Å². The summed E-state index contributed by atoms with van der Waals surface area (Å²) < 4.78 is 6.74. The van der Waals surface area contributed by atoms with Crippen molar-refractivity contribution in [2.24, 2.45) is 0 Å². The van der Waals surface area contributed by atoms with E-state index in [0.29, 0.717) is 5.76 Å². The molecule has 0 radical (unpaired) electrons. The lowest BCUT2D eigenvalue weighted by molar-refractivity contribution is 0.491. The van der Waals surface area contributed by atoms with Gasteiger partial charge in [-0.25, -0.2) is 4.79 Å². The van der Waals surface area contributed by atoms with Crippen LogP contribution in [0.4, 0.5) is 0 Å². The molecule has 0 saturated carbocycles. The van der Waals surface area contributed by atoms with Crippen LogP contribution in [-0.2, 0) is 0 Å². The standard InChI is InChI=1S/C13H13N3O3/c1-7-4-11(9(3)19-7)8(2)16-6-10(5-14)12(17)15-13(16)18/h4,6,8H,1-3H3,(H,15,17,18). The summed E-state index contributed by atoms with van der Waals surface area (Å²) in [5.41, 5.74) is -0.467. The molecule has 6 heteroatoms. The van der Waals surface area contributed by atoms with Crippen LogP contribution >= 0.6 is 0 Å². The fourth-order valence-electron chi connectivity index (χ4n) is 2.07. The van der Waals surface area contributed by atoms with Crippen molar-refractivity contribution in [3.05, 3.63) is 55.7 Å². The summed E-state index contributed by atoms with van der Waals surface area (Å²) in [6.07, 6.45) is 1.27. The summed E-state index contributed by atoms with van der Waals surface area (Å²) in [5, 5.41) is 8.84. The van der Waals surface area contributed by atoms with E-state index in [1.54, 1.807) is 19.9 Å². The normalized spacial score (nSPS) is 12.1. The number of aryl methyl sites for hydroxylation is 2. The third-order valence-corrected chi connectivity index (χ3v) is 3.03. The average Bonchev–Trinajstić information content (AvgIpc) is 2.68. The summed E-state index contributed by atoms with van der Waals surface area (Å²) in [6.45, 7) is 5.43. The summed E-state index contributed by atoms with van der Waals surface area (Å²) in [5.74, 6) is 1.46. The summed E-state index contributed by atoms with van der Waals surface area (Å²) in [4.78, 5) is 25.3. The molecule has 2 rings (SSSR count). The highest BCUT2D eigenvalue weighted by Gasteiger charge is 2.16.